The fraction of sp³-hybridized carbons (Fsp3) is 0.438. The molecule has 1 aliphatic rings. The van der Waals surface area contributed by atoms with Crippen LogP contribution < -0.4 is 10.6 Å². The van der Waals surface area contributed by atoms with E-state index < -0.39 is 6.04 Å². The lowest BCUT2D eigenvalue weighted by atomic mass is 10.0. The Kier molecular flexibility index (Phi) is 4.54. The summed E-state index contributed by atoms with van der Waals surface area (Å²) >= 11 is 0. The minimum absolute atomic E-state index is 0.00695. The summed E-state index contributed by atoms with van der Waals surface area (Å²) in [7, 11) is 0. The Morgan fingerprint density at radius 1 is 1.50 bits per heavy atom. The molecule has 0 bridgehead atoms. The van der Waals surface area contributed by atoms with Crippen LogP contribution in [0.5, 0.6) is 0 Å². The highest BCUT2D eigenvalue weighted by atomic mass is 16.3. The van der Waals surface area contributed by atoms with Gasteiger partial charge in [-0.05, 0) is 26.0 Å². The van der Waals surface area contributed by atoms with Crippen molar-refractivity contribution in [1.29, 1.82) is 0 Å². The van der Waals surface area contributed by atoms with E-state index >= 15 is 0 Å². The average molecular weight is 331 g/mol. The van der Waals surface area contributed by atoms with Crippen molar-refractivity contribution >= 4 is 11.9 Å². The van der Waals surface area contributed by atoms with Gasteiger partial charge in [-0.3, -0.25) is 4.79 Å². The molecule has 128 valence electrons. The van der Waals surface area contributed by atoms with Crippen molar-refractivity contribution in [3.8, 4) is 0 Å². The first-order chi connectivity index (χ1) is 11.5. The fourth-order valence-electron chi connectivity index (χ4n) is 2.72. The van der Waals surface area contributed by atoms with E-state index in [1.807, 2.05) is 13.8 Å². The lowest BCUT2D eigenvalue weighted by Crippen LogP contribution is -2.56. The van der Waals surface area contributed by atoms with Crippen LogP contribution in [0.3, 0.4) is 0 Å². The number of aromatic nitrogens is 2. The van der Waals surface area contributed by atoms with E-state index in [0.717, 1.165) is 11.4 Å². The molecule has 8 heteroatoms. The number of carbonyl (C=O) groups is 2. The van der Waals surface area contributed by atoms with E-state index in [0.29, 0.717) is 18.7 Å². The number of nitrogens with one attached hydrogen (secondary N) is 3. The van der Waals surface area contributed by atoms with Crippen LogP contribution in [0, 0.1) is 0 Å². The van der Waals surface area contributed by atoms with Crippen LogP contribution in [0.15, 0.2) is 29.1 Å². The molecule has 3 rings (SSSR count). The predicted molar refractivity (Wildman–Crippen MR) is 85.8 cm³/mol. The van der Waals surface area contributed by atoms with E-state index in [1.54, 1.807) is 24.7 Å². The molecule has 0 radical (unpaired) electrons. The maximum atomic E-state index is 12.6. The van der Waals surface area contributed by atoms with Crippen LogP contribution >= 0.6 is 0 Å². The van der Waals surface area contributed by atoms with Crippen molar-refractivity contribution in [3.63, 3.8) is 0 Å². The molecule has 0 aromatic carbocycles. The number of amides is 3. The molecule has 8 nitrogen and oxygen atoms in total. The Morgan fingerprint density at radius 2 is 2.33 bits per heavy atom. The first-order valence-electron chi connectivity index (χ1n) is 7.93. The van der Waals surface area contributed by atoms with Gasteiger partial charge in [-0.15, -0.1) is 0 Å². The summed E-state index contributed by atoms with van der Waals surface area (Å²) in [5.41, 5.74) is 1.69. The third kappa shape index (κ3) is 3.42. The lowest BCUT2D eigenvalue weighted by molar-refractivity contribution is -0.126. The molecule has 24 heavy (non-hydrogen) atoms. The number of carbonyl (C=O) groups excluding carboxylic acids is 2. The maximum Gasteiger partial charge on any atom is 0.318 e. The molecular formula is C16H21N5O3. The van der Waals surface area contributed by atoms with Crippen molar-refractivity contribution in [2.45, 2.75) is 45.4 Å². The van der Waals surface area contributed by atoms with Gasteiger partial charge in [-0.25, -0.2) is 9.78 Å². The zero-order chi connectivity index (χ0) is 17.1. The van der Waals surface area contributed by atoms with Gasteiger partial charge in [0.15, 0.2) is 0 Å². The molecule has 3 N–H and O–H groups in total. The van der Waals surface area contributed by atoms with Gasteiger partial charge in [-0.2, -0.15) is 0 Å². The highest BCUT2D eigenvalue weighted by molar-refractivity contribution is 5.87. The summed E-state index contributed by atoms with van der Waals surface area (Å²) in [6.45, 7) is 4.38. The lowest BCUT2D eigenvalue weighted by Gasteiger charge is -2.34. The van der Waals surface area contributed by atoms with Crippen molar-refractivity contribution < 1.29 is 14.0 Å². The normalized spacial score (nSPS) is 16.8. The van der Waals surface area contributed by atoms with E-state index in [2.05, 4.69) is 20.6 Å². The monoisotopic (exact) mass is 331 g/mol. The third-order valence-corrected chi connectivity index (χ3v) is 3.89. The second-order valence-electron chi connectivity index (χ2n) is 6.08. The van der Waals surface area contributed by atoms with Gasteiger partial charge in [0, 0.05) is 12.5 Å². The van der Waals surface area contributed by atoms with Crippen molar-refractivity contribution in [2.75, 3.05) is 0 Å². The minimum atomic E-state index is -0.602. The topological polar surface area (TPSA) is 103 Å². The van der Waals surface area contributed by atoms with Crippen LogP contribution in [-0.4, -0.2) is 38.9 Å². The molecule has 0 saturated heterocycles. The van der Waals surface area contributed by atoms with Gasteiger partial charge < -0.3 is 24.9 Å². The Hall–Kier alpha value is -2.77. The number of H-pyrrole nitrogens is 1. The van der Waals surface area contributed by atoms with Crippen LogP contribution in [0.25, 0.3) is 0 Å². The van der Waals surface area contributed by atoms with E-state index in [-0.39, 0.29) is 24.5 Å². The average Bonchev–Trinajstić information content (AvgIpc) is 3.21. The first-order valence-corrected chi connectivity index (χ1v) is 7.93. The quantitative estimate of drug-likeness (QED) is 0.782. The zero-order valence-electron chi connectivity index (χ0n) is 13.7. The molecule has 2 aromatic rings. The van der Waals surface area contributed by atoms with Gasteiger partial charge in [0.2, 0.25) is 5.91 Å². The maximum absolute atomic E-state index is 12.6. The SMILES string of the molecule is CC(C)NC(=O)N1Cc2[nH]cnc2C[C@H]1C(=O)NCc1ccco1. The number of imidazole rings is 1. The standard InChI is InChI=1S/C16H21N5O3/c1-10(2)20-16(23)21-8-13-12(18-9-19-13)6-14(21)15(22)17-7-11-4-3-5-24-11/h3-5,9-10,14H,6-8H2,1-2H3,(H,17,22)(H,18,19)(H,20,23)/t14-/m0/s1. The van der Waals surface area contributed by atoms with Gasteiger partial charge in [0.1, 0.15) is 11.8 Å². The van der Waals surface area contributed by atoms with Crippen LogP contribution in [0.2, 0.25) is 0 Å². The zero-order valence-corrected chi connectivity index (χ0v) is 13.7. The molecule has 0 unspecified atom stereocenters. The summed E-state index contributed by atoms with van der Waals surface area (Å²) in [6, 6.07) is 2.68. The van der Waals surface area contributed by atoms with Crippen LogP contribution in [0.4, 0.5) is 4.79 Å². The van der Waals surface area contributed by atoms with Crippen molar-refractivity contribution in [2.24, 2.45) is 0 Å². The highest BCUT2D eigenvalue weighted by Gasteiger charge is 2.36. The second kappa shape index (κ2) is 6.77. The molecule has 0 spiro atoms. The molecule has 0 saturated carbocycles. The molecule has 0 fully saturated rings. The van der Waals surface area contributed by atoms with E-state index in [9.17, 15) is 9.59 Å². The Morgan fingerprint density at radius 3 is 3.04 bits per heavy atom. The second-order valence-corrected chi connectivity index (χ2v) is 6.08. The number of nitrogens with zero attached hydrogens (tertiary/aromatic N) is 2. The highest BCUT2D eigenvalue weighted by Crippen LogP contribution is 2.21. The number of rotatable bonds is 4. The van der Waals surface area contributed by atoms with E-state index in [1.165, 1.54) is 4.90 Å². The van der Waals surface area contributed by atoms with E-state index in [4.69, 9.17) is 4.42 Å². The fourth-order valence-corrected chi connectivity index (χ4v) is 2.72. The number of furan rings is 1. The molecule has 2 aromatic heterocycles. The van der Waals surface area contributed by atoms with Gasteiger partial charge in [0.25, 0.3) is 0 Å². The third-order valence-electron chi connectivity index (χ3n) is 3.89. The summed E-state index contributed by atoms with van der Waals surface area (Å²) in [5.74, 6) is 0.441. The number of aromatic amines is 1. The summed E-state index contributed by atoms with van der Waals surface area (Å²) in [6.07, 6.45) is 3.53. The van der Waals surface area contributed by atoms with Crippen molar-refractivity contribution in [1.82, 2.24) is 25.5 Å². The summed E-state index contributed by atoms with van der Waals surface area (Å²) in [5, 5.41) is 5.67. The first kappa shape index (κ1) is 16.1. The largest absolute Gasteiger partial charge is 0.467 e. The Labute approximate surface area is 139 Å². The van der Waals surface area contributed by atoms with Gasteiger partial charge >= 0.3 is 6.03 Å². The molecule has 1 aliphatic heterocycles. The smallest absolute Gasteiger partial charge is 0.318 e. The van der Waals surface area contributed by atoms with Crippen molar-refractivity contribution in [3.05, 3.63) is 41.9 Å². The number of urea groups is 1. The predicted octanol–water partition coefficient (Wildman–Crippen LogP) is 1.16. The van der Waals surface area contributed by atoms with Crippen LogP contribution in [0.1, 0.15) is 31.0 Å². The Bertz CT molecular complexity index is 707. The minimum Gasteiger partial charge on any atom is -0.467 e. The number of hydrogen-bond acceptors (Lipinski definition) is 4. The van der Waals surface area contributed by atoms with Gasteiger partial charge in [-0.1, -0.05) is 0 Å². The molecule has 3 amide bonds. The van der Waals surface area contributed by atoms with Crippen LogP contribution in [-0.2, 0) is 24.3 Å². The number of hydrogen-bond donors (Lipinski definition) is 3. The van der Waals surface area contributed by atoms with Gasteiger partial charge in [0.05, 0.1) is 37.1 Å². The molecular weight excluding hydrogens is 310 g/mol. The molecule has 3 heterocycles. The summed E-state index contributed by atoms with van der Waals surface area (Å²) in [4.78, 5) is 33.9. The molecule has 0 aliphatic carbocycles. The Balaban J connectivity index is 1.74. The summed E-state index contributed by atoms with van der Waals surface area (Å²) < 4.78 is 5.22. The number of fused-ring (bicyclic) bond motifs is 1. The molecule has 1 atom stereocenters.